The number of ether oxygens (including phenoxy) is 2. The average Bonchev–Trinajstić information content (AvgIpc) is 2.37. The van der Waals surface area contributed by atoms with Crippen LogP contribution in [0.5, 0.6) is 5.88 Å². The van der Waals surface area contributed by atoms with E-state index in [2.05, 4.69) is 20.6 Å². The molecule has 0 saturated carbocycles. The van der Waals surface area contributed by atoms with Crippen molar-refractivity contribution in [1.82, 2.24) is 15.3 Å². The summed E-state index contributed by atoms with van der Waals surface area (Å²) in [5.74, 6) is -0.898. The molecule has 0 spiro atoms. The highest BCUT2D eigenvalue weighted by Gasteiger charge is 2.20. The first-order valence-electron chi connectivity index (χ1n) is 5.65. The standard InChI is InChI=1S/C11H16N4O5/c1-6-4-8(20-3)14-10(12-6)15-11(18)13-7(5-19-2)9(16)17/h4,7H,5H2,1-3H3,(H,16,17)(H2,12,13,14,15,18). The molecular formula is C11H16N4O5. The van der Waals surface area contributed by atoms with Crippen LogP contribution in [0.2, 0.25) is 0 Å². The van der Waals surface area contributed by atoms with Gasteiger partial charge in [0.2, 0.25) is 11.8 Å². The number of rotatable bonds is 6. The number of carboxylic acids is 1. The summed E-state index contributed by atoms with van der Waals surface area (Å²) >= 11 is 0. The highest BCUT2D eigenvalue weighted by molar-refractivity contribution is 5.90. The van der Waals surface area contributed by atoms with Crippen molar-refractivity contribution in [3.05, 3.63) is 11.8 Å². The molecule has 1 rings (SSSR count). The molecular weight excluding hydrogens is 268 g/mol. The Morgan fingerprint density at radius 3 is 2.65 bits per heavy atom. The molecule has 1 atom stereocenters. The second-order valence-electron chi connectivity index (χ2n) is 3.82. The van der Waals surface area contributed by atoms with Crippen LogP contribution in [0.1, 0.15) is 5.69 Å². The van der Waals surface area contributed by atoms with Crippen molar-refractivity contribution in [3.63, 3.8) is 0 Å². The molecule has 1 aromatic heterocycles. The van der Waals surface area contributed by atoms with Gasteiger partial charge < -0.3 is 19.9 Å². The van der Waals surface area contributed by atoms with E-state index in [0.717, 1.165) is 0 Å². The van der Waals surface area contributed by atoms with Crippen LogP contribution >= 0.6 is 0 Å². The van der Waals surface area contributed by atoms with Crippen LogP contribution in [0.15, 0.2) is 6.07 Å². The Hall–Kier alpha value is -2.42. The Labute approximate surface area is 115 Å². The largest absolute Gasteiger partial charge is 0.481 e. The third kappa shape index (κ3) is 4.69. The van der Waals surface area contributed by atoms with Gasteiger partial charge in [0.15, 0.2) is 6.04 Å². The Bertz CT molecular complexity index is 494. The fourth-order valence-corrected chi connectivity index (χ4v) is 1.34. The van der Waals surface area contributed by atoms with Crippen LogP contribution in [-0.4, -0.2) is 53.9 Å². The highest BCUT2D eigenvalue weighted by atomic mass is 16.5. The van der Waals surface area contributed by atoms with E-state index in [9.17, 15) is 9.59 Å². The number of anilines is 1. The monoisotopic (exact) mass is 284 g/mol. The smallest absolute Gasteiger partial charge is 0.328 e. The lowest BCUT2D eigenvalue weighted by atomic mass is 10.3. The molecule has 3 N–H and O–H groups in total. The minimum absolute atomic E-state index is 0.0147. The number of aryl methyl sites for hydroxylation is 1. The van der Waals surface area contributed by atoms with Crippen molar-refractivity contribution in [2.75, 3.05) is 26.1 Å². The molecule has 1 unspecified atom stereocenters. The second-order valence-corrected chi connectivity index (χ2v) is 3.82. The molecule has 9 heteroatoms. The van der Waals surface area contributed by atoms with Crippen molar-refractivity contribution >= 4 is 17.9 Å². The fraction of sp³-hybridized carbons (Fsp3) is 0.455. The third-order valence-electron chi connectivity index (χ3n) is 2.20. The lowest BCUT2D eigenvalue weighted by Crippen LogP contribution is -2.45. The average molecular weight is 284 g/mol. The van der Waals surface area contributed by atoms with Gasteiger partial charge in [-0.1, -0.05) is 0 Å². The lowest BCUT2D eigenvalue weighted by Gasteiger charge is -2.13. The lowest BCUT2D eigenvalue weighted by molar-refractivity contribution is -0.140. The molecule has 0 aromatic carbocycles. The maximum Gasteiger partial charge on any atom is 0.328 e. The number of hydrogen-bond acceptors (Lipinski definition) is 6. The van der Waals surface area contributed by atoms with Crippen LogP contribution in [0, 0.1) is 6.92 Å². The summed E-state index contributed by atoms with van der Waals surface area (Å²) in [6, 6.07) is -0.317. The molecule has 0 fully saturated rings. The van der Waals surface area contributed by atoms with Gasteiger partial charge in [0.25, 0.3) is 0 Å². The number of aromatic nitrogens is 2. The molecule has 1 aromatic rings. The van der Waals surface area contributed by atoms with E-state index in [-0.39, 0.29) is 12.6 Å². The van der Waals surface area contributed by atoms with Gasteiger partial charge in [-0.05, 0) is 6.92 Å². The van der Waals surface area contributed by atoms with E-state index >= 15 is 0 Å². The molecule has 1 heterocycles. The van der Waals surface area contributed by atoms with Crippen molar-refractivity contribution in [3.8, 4) is 5.88 Å². The van der Waals surface area contributed by atoms with Crippen molar-refractivity contribution in [1.29, 1.82) is 0 Å². The zero-order valence-corrected chi connectivity index (χ0v) is 11.3. The molecule has 0 radical (unpaired) electrons. The maximum atomic E-state index is 11.7. The zero-order valence-electron chi connectivity index (χ0n) is 11.3. The summed E-state index contributed by atoms with van der Waals surface area (Å²) in [4.78, 5) is 30.4. The van der Waals surface area contributed by atoms with Crippen LogP contribution in [-0.2, 0) is 9.53 Å². The predicted octanol–water partition coefficient (Wildman–Crippen LogP) is 0.0147. The van der Waals surface area contributed by atoms with E-state index in [0.29, 0.717) is 11.6 Å². The number of hydrogen-bond donors (Lipinski definition) is 3. The zero-order chi connectivity index (χ0) is 15.1. The highest BCUT2D eigenvalue weighted by Crippen LogP contribution is 2.10. The number of urea groups is 1. The Morgan fingerprint density at radius 1 is 1.40 bits per heavy atom. The molecule has 0 aliphatic heterocycles. The normalized spacial score (nSPS) is 11.6. The quantitative estimate of drug-likeness (QED) is 0.672. The Balaban J connectivity index is 2.70. The molecule has 20 heavy (non-hydrogen) atoms. The minimum atomic E-state index is -1.20. The number of carboxylic acid groups (broad SMARTS) is 1. The number of carbonyl (C=O) groups is 2. The summed E-state index contributed by atoms with van der Waals surface area (Å²) in [5.41, 5.74) is 0.596. The van der Waals surface area contributed by atoms with Gasteiger partial charge in [-0.25, -0.2) is 14.6 Å². The van der Waals surface area contributed by atoms with Gasteiger partial charge in [-0.3, -0.25) is 5.32 Å². The first-order chi connectivity index (χ1) is 9.46. The Kier molecular flexibility index (Phi) is 5.66. The SMILES string of the molecule is COCC(NC(=O)Nc1nc(C)cc(OC)n1)C(=O)O. The Morgan fingerprint density at radius 2 is 2.10 bits per heavy atom. The first kappa shape index (κ1) is 15.6. The molecule has 110 valence electrons. The van der Waals surface area contributed by atoms with Gasteiger partial charge in [-0.15, -0.1) is 0 Å². The molecule has 2 amide bonds. The number of methoxy groups -OCH3 is 2. The summed E-state index contributed by atoms with van der Waals surface area (Å²) in [6.07, 6.45) is 0. The van der Waals surface area contributed by atoms with Crippen molar-refractivity contribution in [2.24, 2.45) is 0 Å². The topological polar surface area (TPSA) is 123 Å². The van der Waals surface area contributed by atoms with Gasteiger partial charge >= 0.3 is 12.0 Å². The maximum absolute atomic E-state index is 11.7. The van der Waals surface area contributed by atoms with Crippen LogP contribution in [0.3, 0.4) is 0 Å². The fourth-order valence-electron chi connectivity index (χ4n) is 1.34. The number of aliphatic carboxylic acids is 1. The molecule has 0 bridgehead atoms. The van der Waals surface area contributed by atoms with Gasteiger partial charge in [-0.2, -0.15) is 4.98 Å². The molecule has 0 aliphatic rings. The van der Waals surface area contributed by atoms with Crippen LogP contribution in [0.25, 0.3) is 0 Å². The first-order valence-corrected chi connectivity index (χ1v) is 5.65. The number of carbonyl (C=O) groups excluding carboxylic acids is 1. The third-order valence-corrected chi connectivity index (χ3v) is 2.20. The van der Waals surface area contributed by atoms with E-state index < -0.39 is 18.0 Å². The van der Waals surface area contributed by atoms with Crippen molar-refractivity contribution < 1.29 is 24.2 Å². The van der Waals surface area contributed by atoms with E-state index in [1.165, 1.54) is 14.2 Å². The number of nitrogens with zero attached hydrogens (tertiary/aromatic N) is 2. The van der Waals surface area contributed by atoms with Gasteiger partial charge in [0.05, 0.1) is 13.7 Å². The van der Waals surface area contributed by atoms with Gasteiger partial charge in [0.1, 0.15) is 0 Å². The summed E-state index contributed by atoms with van der Waals surface area (Å²) < 4.78 is 9.64. The predicted molar refractivity (Wildman–Crippen MR) is 68.8 cm³/mol. The number of amides is 2. The molecule has 9 nitrogen and oxygen atoms in total. The van der Waals surface area contributed by atoms with Crippen molar-refractivity contribution in [2.45, 2.75) is 13.0 Å². The van der Waals surface area contributed by atoms with Crippen LogP contribution < -0.4 is 15.4 Å². The van der Waals surface area contributed by atoms with Gasteiger partial charge in [0, 0.05) is 18.9 Å². The van der Waals surface area contributed by atoms with E-state index in [4.69, 9.17) is 14.6 Å². The van der Waals surface area contributed by atoms with Crippen LogP contribution in [0.4, 0.5) is 10.7 Å². The summed E-state index contributed by atoms with van der Waals surface area (Å²) in [6.45, 7) is 1.55. The van der Waals surface area contributed by atoms with E-state index in [1.807, 2.05) is 0 Å². The summed E-state index contributed by atoms with van der Waals surface area (Å²) in [5, 5.41) is 13.4. The summed E-state index contributed by atoms with van der Waals surface area (Å²) in [7, 11) is 2.77. The molecule has 0 saturated heterocycles. The van der Waals surface area contributed by atoms with E-state index in [1.54, 1.807) is 13.0 Å². The molecule has 0 aliphatic carbocycles. The minimum Gasteiger partial charge on any atom is -0.481 e. The number of nitrogens with one attached hydrogen (secondary N) is 2. The second kappa shape index (κ2) is 7.24.